The summed E-state index contributed by atoms with van der Waals surface area (Å²) in [4.78, 5) is 0. The maximum absolute atomic E-state index is 13.7. The van der Waals surface area contributed by atoms with Gasteiger partial charge in [-0.2, -0.15) is 0 Å². The number of hydrogen-bond donors (Lipinski definition) is 0. The van der Waals surface area contributed by atoms with Crippen LogP contribution >= 0.6 is 34.2 Å². The summed E-state index contributed by atoms with van der Waals surface area (Å²) in [6.45, 7) is 6.27. The van der Waals surface area contributed by atoms with Gasteiger partial charge in [0.2, 0.25) is 0 Å². The molecule has 0 unspecified atom stereocenters. The van der Waals surface area contributed by atoms with Gasteiger partial charge in [-0.05, 0) is 39.9 Å². The number of rotatable bonds is 1. The van der Waals surface area contributed by atoms with Gasteiger partial charge >= 0.3 is 0 Å². The average molecular weight is 329 g/mol. The highest BCUT2D eigenvalue weighted by atomic mass is 127. The Morgan fingerprint density at radius 3 is 2.23 bits per heavy atom. The minimum absolute atomic E-state index is 0.132. The average Bonchev–Trinajstić information content (AvgIpc) is 1.95. The Hall–Kier alpha value is 0.387. The SMILES string of the molecule is C[Si](C)(C)c1c(Cl)ccc(I)c1F. The summed E-state index contributed by atoms with van der Waals surface area (Å²) in [7, 11) is -1.67. The van der Waals surface area contributed by atoms with Crippen molar-refractivity contribution in [2.24, 2.45) is 0 Å². The van der Waals surface area contributed by atoms with Crippen molar-refractivity contribution < 1.29 is 4.39 Å². The Morgan fingerprint density at radius 1 is 1.31 bits per heavy atom. The van der Waals surface area contributed by atoms with Crippen molar-refractivity contribution in [3.63, 3.8) is 0 Å². The molecule has 0 aromatic heterocycles. The van der Waals surface area contributed by atoms with E-state index in [1.165, 1.54) is 0 Å². The lowest BCUT2D eigenvalue weighted by atomic mass is 10.3. The van der Waals surface area contributed by atoms with Crippen LogP contribution in [0.25, 0.3) is 0 Å². The predicted octanol–water partition coefficient (Wildman–Crippen LogP) is 3.63. The third-order valence-corrected chi connectivity index (χ3v) is 5.09. The molecule has 0 heterocycles. The third-order valence-electron chi connectivity index (χ3n) is 1.79. The first-order valence-corrected chi connectivity index (χ1v) is 8.93. The molecule has 4 heteroatoms. The van der Waals surface area contributed by atoms with Crippen LogP contribution in [0.15, 0.2) is 12.1 Å². The largest absolute Gasteiger partial charge is 0.206 e. The summed E-state index contributed by atoms with van der Waals surface area (Å²) < 4.78 is 14.4. The molecule has 0 saturated heterocycles. The van der Waals surface area contributed by atoms with Crippen LogP contribution in [-0.4, -0.2) is 8.07 Å². The fourth-order valence-electron chi connectivity index (χ4n) is 1.21. The molecule has 0 N–H and O–H groups in total. The van der Waals surface area contributed by atoms with Gasteiger partial charge in [0.25, 0.3) is 0 Å². The second kappa shape index (κ2) is 3.86. The van der Waals surface area contributed by atoms with Crippen LogP contribution < -0.4 is 5.19 Å². The van der Waals surface area contributed by atoms with Crippen LogP contribution in [0.2, 0.25) is 24.7 Å². The Bertz CT molecular complexity index is 333. The van der Waals surface area contributed by atoms with Crippen LogP contribution in [0.5, 0.6) is 0 Å². The van der Waals surface area contributed by atoms with E-state index in [0.717, 1.165) is 5.19 Å². The van der Waals surface area contributed by atoms with E-state index in [0.29, 0.717) is 8.59 Å². The molecule has 0 bridgehead atoms. The van der Waals surface area contributed by atoms with E-state index in [2.05, 4.69) is 19.6 Å². The van der Waals surface area contributed by atoms with E-state index in [-0.39, 0.29) is 5.82 Å². The summed E-state index contributed by atoms with van der Waals surface area (Å²) in [5, 5.41) is 1.30. The van der Waals surface area contributed by atoms with E-state index in [1.54, 1.807) is 12.1 Å². The lowest BCUT2D eigenvalue weighted by molar-refractivity contribution is 0.628. The van der Waals surface area contributed by atoms with Crippen molar-refractivity contribution in [2.45, 2.75) is 19.6 Å². The molecule has 1 aromatic carbocycles. The van der Waals surface area contributed by atoms with E-state index >= 15 is 0 Å². The molecule has 0 spiro atoms. The van der Waals surface area contributed by atoms with E-state index in [4.69, 9.17) is 11.6 Å². The molecule has 0 amide bonds. The highest BCUT2D eigenvalue weighted by molar-refractivity contribution is 14.1. The summed E-state index contributed by atoms with van der Waals surface area (Å²) in [6, 6.07) is 3.49. The molecule has 13 heavy (non-hydrogen) atoms. The second-order valence-electron chi connectivity index (χ2n) is 3.97. The molecular formula is C9H11ClFISi. The Kier molecular flexibility index (Phi) is 3.41. The van der Waals surface area contributed by atoms with Gasteiger partial charge in [-0.15, -0.1) is 0 Å². The Labute approximate surface area is 97.6 Å². The smallest absolute Gasteiger partial charge is 0.137 e. The van der Waals surface area contributed by atoms with E-state index in [9.17, 15) is 4.39 Å². The Balaban J connectivity index is 3.43. The minimum Gasteiger partial charge on any atom is -0.206 e. The summed E-state index contributed by atoms with van der Waals surface area (Å²) in [5.41, 5.74) is 0. The molecule has 0 atom stereocenters. The normalized spacial score (nSPS) is 11.8. The van der Waals surface area contributed by atoms with Gasteiger partial charge in [0.1, 0.15) is 5.82 Å². The summed E-state index contributed by atoms with van der Waals surface area (Å²) >= 11 is 7.97. The molecule has 0 radical (unpaired) electrons. The van der Waals surface area contributed by atoms with Crippen molar-refractivity contribution in [3.05, 3.63) is 26.5 Å². The first-order valence-electron chi connectivity index (χ1n) is 3.98. The monoisotopic (exact) mass is 328 g/mol. The molecule has 0 saturated carbocycles. The van der Waals surface area contributed by atoms with Crippen LogP contribution in [0.4, 0.5) is 4.39 Å². The third kappa shape index (κ3) is 2.44. The minimum atomic E-state index is -1.67. The van der Waals surface area contributed by atoms with E-state index < -0.39 is 8.07 Å². The van der Waals surface area contributed by atoms with Crippen molar-refractivity contribution in [2.75, 3.05) is 0 Å². The molecular weight excluding hydrogens is 318 g/mol. The first-order chi connectivity index (χ1) is 5.84. The lowest BCUT2D eigenvalue weighted by Gasteiger charge is -2.19. The summed E-state index contributed by atoms with van der Waals surface area (Å²) in [5.74, 6) is -0.132. The molecule has 1 aromatic rings. The van der Waals surface area contributed by atoms with Gasteiger partial charge in [0, 0.05) is 8.59 Å². The van der Waals surface area contributed by atoms with Gasteiger partial charge in [-0.1, -0.05) is 31.2 Å². The molecule has 72 valence electrons. The predicted molar refractivity (Wildman–Crippen MR) is 67.1 cm³/mol. The first kappa shape index (κ1) is 11.5. The van der Waals surface area contributed by atoms with Gasteiger partial charge in [-0.25, -0.2) is 4.39 Å². The van der Waals surface area contributed by atoms with Gasteiger partial charge in [0.15, 0.2) is 0 Å². The second-order valence-corrected chi connectivity index (χ2v) is 10.5. The van der Waals surface area contributed by atoms with Crippen molar-refractivity contribution in [3.8, 4) is 0 Å². The van der Waals surface area contributed by atoms with Crippen molar-refractivity contribution >= 4 is 47.5 Å². The highest BCUT2D eigenvalue weighted by Gasteiger charge is 2.25. The number of hydrogen-bond acceptors (Lipinski definition) is 0. The highest BCUT2D eigenvalue weighted by Crippen LogP contribution is 2.19. The number of benzene rings is 1. The summed E-state index contributed by atoms with van der Waals surface area (Å²) in [6.07, 6.45) is 0. The van der Waals surface area contributed by atoms with Gasteiger partial charge in [-0.3, -0.25) is 0 Å². The zero-order valence-electron chi connectivity index (χ0n) is 7.79. The molecule has 1 rings (SSSR count). The number of halogens is 3. The van der Waals surface area contributed by atoms with Crippen LogP contribution in [0.1, 0.15) is 0 Å². The molecule has 0 aliphatic carbocycles. The molecule has 0 aliphatic rings. The van der Waals surface area contributed by atoms with Crippen molar-refractivity contribution in [1.82, 2.24) is 0 Å². The van der Waals surface area contributed by atoms with Gasteiger partial charge in [0.05, 0.1) is 8.07 Å². The zero-order valence-corrected chi connectivity index (χ0v) is 11.7. The molecule has 0 fully saturated rings. The standard InChI is InChI=1S/C9H11ClFISi/c1-13(2,3)9-6(10)4-5-7(12)8(9)11/h4-5H,1-3H3. The van der Waals surface area contributed by atoms with Crippen LogP contribution in [0, 0.1) is 9.39 Å². The zero-order chi connectivity index (χ0) is 10.2. The lowest BCUT2D eigenvalue weighted by Crippen LogP contribution is -2.41. The molecule has 0 nitrogen and oxygen atoms in total. The van der Waals surface area contributed by atoms with Crippen molar-refractivity contribution in [1.29, 1.82) is 0 Å². The van der Waals surface area contributed by atoms with Crippen LogP contribution in [-0.2, 0) is 0 Å². The fraction of sp³-hybridized carbons (Fsp3) is 0.333. The van der Waals surface area contributed by atoms with E-state index in [1.807, 2.05) is 22.6 Å². The topological polar surface area (TPSA) is 0 Å². The van der Waals surface area contributed by atoms with Gasteiger partial charge < -0.3 is 0 Å². The molecule has 0 aliphatic heterocycles. The maximum atomic E-state index is 13.7. The van der Waals surface area contributed by atoms with Crippen LogP contribution in [0.3, 0.4) is 0 Å². The maximum Gasteiger partial charge on any atom is 0.137 e. The quantitative estimate of drug-likeness (QED) is 0.419. The fourth-order valence-corrected chi connectivity index (χ4v) is 4.51. The Morgan fingerprint density at radius 2 is 1.85 bits per heavy atom.